The van der Waals surface area contributed by atoms with Crippen LogP contribution in [0.1, 0.15) is 39.7 Å². The zero-order valence-corrected chi connectivity index (χ0v) is 22.1. The van der Waals surface area contributed by atoms with Crippen molar-refractivity contribution in [3.05, 3.63) is 59.9 Å². The second-order valence-corrected chi connectivity index (χ2v) is 9.74. The molecule has 1 N–H and O–H groups in total. The molecule has 0 saturated carbocycles. The first kappa shape index (κ1) is 29.9. The SMILES string of the molecule is CCOC(Cc1ccc(OCCN(CCCOc2ccc(F)cc2)C(=O)OCC(C)(C)C)cc1)C(=O)O. The summed E-state index contributed by atoms with van der Waals surface area (Å²) < 4.78 is 35.2. The Morgan fingerprint density at radius 2 is 1.54 bits per heavy atom. The zero-order valence-electron chi connectivity index (χ0n) is 22.1. The molecule has 8 nitrogen and oxygen atoms in total. The highest BCUT2D eigenvalue weighted by Crippen LogP contribution is 2.16. The van der Waals surface area contributed by atoms with E-state index in [-0.39, 0.29) is 30.9 Å². The van der Waals surface area contributed by atoms with Crippen LogP contribution in [0, 0.1) is 11.2 Å². The molecule has 0 aliphatic carbocycles. The molecule has 2 aromatic rings. The van der Waals surface area contributed by atoms with Crippen molar-refractivity contribution in [3.8, 4) is 11.5 Å². The van der Waals surface area contributed by atoms with Gasteiger partial charge in [0.05, 0.1) is 19.8 Å². The molecule has 0 spiro atoms. The van der Waals surface area contributed by atoms with Gasteiger partial charge in [0, 0.05) is 19.6 Å². The average molecular weight is 520 g/mol. The summed E-state index contributed by atoms with van der Waals surface area (Å²) in [5, 5.41) is 9.25. The maximum Gasteiger partial charge on any atom is 0.409 e. The van der Waals surface area contributed by atoms with E-state index in [2.05, 4.69) is 0 Å². The summed E-state index contributed by atoms with van der Waals surface area (Å²) in [7, 11) is 0. The third-order valence-corrected chi connectivity index (χ3v) is 5.16. The van der Waals surface area contributed by atoms with Gasteiger partial charge in [-0.05, 0) is 60.7 Å². The van der Waals surface area contributed by atoms with Crippen molar-refractivity contribution in [3.63, 3.8) is 0 Å². The number of hydrogen-bond donors (Lipinski definition) is 1. The number of hydrogen-bond acceptors (Lipinski definition) is 6. The summed E-state index contributed by atoms with van der Waals surface area (Å²) >= 11 is 0. The summed E-state index contributed by atoms with van der Waals surface area (Å²) in [4.78, 5) is 25.6. The number of aliphatic carboxylic acids is 1. The molecular weight excluding hydrogens is 481 g/mol. The molecule has 1 unspecified atom stereocenters. The van der Waals surface area contributed by atoms with Gasteiger partial charge in [0.2, 0.25) is 0 Å². The van der Waals surface area contributed by atoms with Crippen molar-refractivity contribution in [2.24, 2.45) is 5.41 Å². The van der Waals surface area contributed by atoms with Crippen molar-refractivity contribution in [1.29, 1.82) is 0 Å². The molecule has 0 bridgehead atoms. The monoisotopic (exact) mass is 519 g/mol. The van der Waals surface area contributed by atoms with Crippen molar-refractivity contribution in [1.82, 2.24) is 4.90 Å². The molecule has 37 heavy (non-hydrogen) atoms. The number of carboxylic acid groups (broad SMARTS) is 1. The third kappa shape index (κ3) is 12.0. The van der Waals surface area contributed by atoms with E-state index >= 15 is 0 Å². The van der Waals surface area contributed by atoms with Gasteiger partial charge in [-0.3, -0.25) is 0 Å². The third-order valence-electron chi connectivity index (χ3n) is 5.16. The van der Waals surface area contributed by atoms with Gasteiger partial charge in [0.1, 0.15) is 23.9 Å². The van der Waals surface area contributed by atoms with E-state index in [1.165, 1.54) is 12.1 Å². The molecule has 0 saturated heterocycles. The molecule has 0 radical (unpaired) electrons. The minimum Gasteiger partial charge on any atom is -0.494 e. The van der Waals surface area contributed by atoms with E-state index in [0.29, 0.717) is 44.2 Å². The van der Waals surface area contributed by atoms with Gasteiger partial charge in [-0.15, -0.1) is 0 Å². The van der Waals surface area contributed by atoms with Crippen molar-refractivity contribution < 1.29 is 38.0 Å². The molecule has 2 rings (SSSR count). The fraction of sp³-hybridized carbons (Fsp3) is 0.500. The first-order valence-electron chi connectivity index (χ1n) is 12.4. The maximum absolute atomic E-state index is 13.0. The van der Waals surface area contributed by atoms with Crippen LogP contribution < -0.4 is 9.47 Å². The Kier molecular flexibility index (Phi) is 12.2. The molecule has 0 aliphatic rings. The molecule has 0 aromatic heterocycles. The molecule has 1 amide bonds. The average Bonchev–Trinajstić information content (AvgIpc) is 2.85. The number of rotatable bonds is 15. The number of nitrogens with zero attached hydrogens (tertiary/aromatic N) is 1. The molecule has 0 heterocycles. The zero-order chi connectivity index (χ0) is 27.3. The quantitative estimate of drug-likeness (QED) is 0.324. The molecule has 2 aromatic carbocycles. The molecule has 1 atom stereocenters. The van der Waals surface area contributed by atoms with Gasteiger partial charge in [-0.25, -0.2) is 14.0 Å². The lowest BCUT2D eigenvalue weighted by atomic mass is 9.99. The van der Waals surface area contributed by atoms with Crippen LogP contribution in [0.15, 0.2) is 48.5 Å². The van der Waals surface area contributed by atoms with E-state index in [1.807, 2.05) is 20.8 Å². The highest BCUT2D eigenvalue weighted by atomic mass is 19.1. The van der Waals surface area contributed by atoms with E-state index in [0.717, 1.165) is 5.56 Å². The number of halogens is 1. The molecule has 204 valence electrons. The van der Waals surface area contributed by atoms with Crippen molar-refractivity contribution in [2.45, 2.75) is 46.6 Å². The van der Waals surface area contributed by atoms with Crippen LogP contribution in [-0.2, 0) is 20.7 Å². The Labute approximate surface area is 218 Å². The normalized spacial score (nSPS) is 12.0. The predicted molar refractivity (Wildman–Crippen MR) is 138 cm³/mol. The number of carboxylic acids is 1. The van der Waals surface area contributed by atoms with Crippen molar-refractivity contribution in [2.75, 3.05) is 39.5 Å². The Balaban J connectivity index is 1.86. The number of benzene rings is 2. The van der Waals surface area contributed by atoms with Gasteiger partial charge in [-0.1, -0.05) is 32.9 Å². The maximum atomic E-state index is 13.0. The van der Waals surface area contributed by atoms with Gasteiger partial charge in [0.15, 0.2) is 6.10 Å². The second-order valence-electron chi connectivity index (χ2n) is 9.74. The first-order valence-corrected chi connectivity index (χ1v) is 12.4. The Morgan fingerprint density at radius 1 is 0.946 bits per heavy atom. The minimum absolute atomic E-state index is 0.160. The highest BCUT2D eigenvalue weighted by Gasteiger charge is 2.20. The van der Waals surface area contributed by atoms with Crippen LogP contribution in [0.4, 0.5) is 9.18 Å². The van der Waals surface area contributed by atoms with E-state index < -0.39 is 18.2 Å². The lowest BCUT2D eigenvalue weighted by Gasteiger charge is -2.25. The lowest BCUT2D eigenvalue weighted by Crippen LogP contribution is -2.37. The predicted octanol–water partition coefficient (Wildman–Crippen LogP) is 5.19. The number of carbonyl (C=O) groups is 2. The minimum atomic E-state index is -0.997. The standard InChI is InChI=1S/C28H38FNO7/c1-5-34-25(26(31)32)19-21-7-11-23(12-8-21)36-18-16-30(27(33)37-20-28(2,3)4)15-6-17-35-24-13-9-22(29)10-14-24/h7-14,25H,5-6,15-20H2,1-4H3,(H,31,32). The summed E-state index contributed by atoms with van der Waals surface area (Å²) in [6, 6.07) is 12.9. The number of ether oxygens (including phenoxy) is 4. The smallest absolute Gasteiger partial charge is 0.409 e. The number of amides is 1. The fourth-order valence-electron chi connectivity index (χ4n) is 3.27. The van der Waals surface area contributed by atoms with Gasteiger partial charge >= 0.3 is 12.1 Å². The summed E-state index contributed by atoms with van der Waals surface area (Å²) in [6.45, 7) is 9.65. The lowest BCUT2D eigenvalue weighted by molar-refractivity contribution is -0.149. The van der Waals surface area contributed by atoms with Crippen LogP contribution in [0.3, 0.4) is 0 Å². The van der Waals surface area contributed by atoms with E-state index in [4.69, 9.17) is 18.9 Å². The molecule has 9 heteroatoms. The summed E-state index contributed by atoms with van der Waals surface area (Å²) in [6.07, 6.45) is -0.499. The number of carbonyl (C=O) groups excluding carboxylic acids is 1. The van der Waals surface area contributed by atoms with E-state index in [1.54, 1.807) is 48.2 Å². The van der Waals surface area contributed by atoms with Crippen LogP contribution >= 0.6 is 0 Å². The Bertz CT molecular complexity index is 958. The fourth-order valence-corrected chi connectivity index (χ4v) is 3.27. The Morgan fingerprint density at radius 3 is 2.11 bits per heavy atom. The summed E-state index contributed by atoms with van der Waals surface area (Å²) in [5.74, 6) is -0.158. The highest BCUT2D eigenvalue weighted by molar-refractivity contribution is 5.72. The van der Waals surface area contributed by atoms with Crippen LogP contribution in [-0.4, -0.2) is 67.7 Å². The van der Waals surface area contributed by atoms with Gasteiger partial charge in [-0.2, -0.15) is 0 Å². The van der Waals surface area contributed by atoms with E-state index in [9.17, 15) is 19.1 Å². The van der Waals surface area contributed by atoms with Crippen LogP contribution in [0.2, 0.25) is 0 Å². The van der Waals surface area contributed by atoms with Crippen molar-refractivity contribution >= 4 is 12.1 Å². The van der Waals surface area contributed by atoms with Gasteiger partial charge < -0.3 is 29.0 Å². The molecule has 0 fully saturated rings. The van der Waals surface area contributed by atoms with Gasteiger partial charge in [0.25, 0.3) is 0 Å². The second kappa shape index (κ2) is 15.0. The molecule has 0 aliphatic heterocycles. The largest absolute Gasteiger partial charge is 0.494 e. The Hall–Kier alpha value is -3.33. The van der Waals surface area contributed by atoms with Crippen LogP contribution in [0.25, 0.3) is 0 Å². The summed E-state index contributed by atoms with van der Waals surface area (Å²) in [5.41, 5.74) is 0.661. The molecular formula is C28H38FNO7. The van der Waals surface area contributed by atoms with Crippen LogP contribution in [0.5, 0.6) is 11.5 Å². The topological polar surface area (TPSA) is 94.5 Å². The first-order chi connectivity index (χ1) is 17.6.